The Hall–Kier alpha value is -2.74. The van der Waals surface area contributed by atoms with Crippen LogP contribution in [0.3, 0.4) is 0 Å². The molecule has 32 heavy (non-hydrogen) atoms. The van der Waals surface area contributed by atoms with Crippen LogP contribution in [0.25, 0.3) is 10.8 Å². The van der Waals surface area contributed by atoms with Gasteiger partial charge in [-0.05, 0) is 78.2 Å². The Morgan fingerprint density at radius 1 is 1.03 bits per heavy atom. The van der Waals surface area contributed by atoms with Crippen molar-refractivity contribution >= 4 is 49.7 Å². The van der Waals surface area contributed by atoms with Gasteiger partial charge in [0.05, 0.1) is 4.90 Å². The van der Waals surface area contributed by atoms with Crippen LogP contribution in [-0.2, 0) is 21.2 Å². The van der Waals surface area contributed by atoms with Crippen molar-refractivity contribution < 1.29 is 13.2 Å². The standard InChI is InChI=1S/C24H22ClN3O3S/c1-26-22-9-4-17-13-19(6-8-21(17)22)28-11-10-23(24(28)29)27-32(30,31)20-7-3-15-12-18(25)5-2-16(15)14-20/h2-3,5-8,12-14,22,26H,4,9-11H2,1H3/b27-23-. The molecule has 0 spiro atoms. The van der Waals surface area contributed by atoms with Gasteiger partial charge in [0.1, 0.15) is 5.71 Å². The first-order valence-corrected chi connectivity index (χ1v) is 12.3. The minimum Gasteiger partial charge on any atom is -0.313 e. The summed E-state index contributed by atoms with van der Waals surface area (Å²) in [6.07, 6.45) is 2.28. The zero-order valence-electron chi connectivity index (χ0n) is 17.5. The minimum absolute atomic E-state index is 0.0571. The van der Waals surface area contributed by atoms with Gasteiger partial charge in [-0.1, -0.05) is 29.8 Å². The van der Waals surface area contributed by atoms with Crippen molar-refractivity contribution in [1.82, 2.24) is 5.32 Å². The number of carbonyl (C=O) groups excluding carboxylic acids is 1. The Labute approximate surface area is 192 Å². The van der Waals surface area contributed by atoms with Gasteiger partial charge in [-0.15, -0.1) is 0 Å². The van der Waals surface area contributed by atoms with Gasteiger partial charge in [0.25, 0.3) is 15.9 Å². The third-order valence-electron chi connectivity index (χ3n) is 6.23. The lowest BCUT2D eigenvalue weighted by Gasteiger charge is -2.17. The van der Waals surface area contributed by atoms with Gasteiger partial charge in [-0.3, -0.25) is 4.79 Å². The molecule has 164 valence electrons. The summed E-state index contributed by atoms with van der Waals surface area (Å²) in [5.74, 6) is -0.357. The second-order valence-electron chi connectivity index (χ2n) is 8.14. The van der Waals surface area contributed by atoms with E-state index in [0.29, 0.717) is 17.6 Å². The van der Waals surface area contributed by atoms with Crippen molar-refractivity contribution in [2.24, 2.45) is 4.40 Å². The molecule has 8 heteroatoms. The van der Waals surface area contributed by atoms with E-state index in [1.54, 1.807) is 35.2 Å². The van der Waals surface area contributed by atoms with E-state index in [4.69, 9.17) is 11.6 Å². The molecule has 0 saturated carbocycles. The van der Waals surface area contributed by atoms with E-state index < -0.39 is 10.0 Å². The quantitative estimate of drug-likeness (QED) is 0.621. The van der Waals surface area contributed by atoms with Crippen LogP contribution >= 0.6 is 11.6 Å². The maximum Gasteiger partial charge on any atom is 0.282 e. The predicted molar refractivity (Wildman–Crippen MR) is 127 cm³/mol. The van der Waals surface area contributed by atoms with Crippen LogP contribution in [0.2, 0.25) is 5.02 Å². The lowest BCUT2D eigenvalue weighted by atomic mass is 10.1. The van der Waals surface area contributed by atoms with Crippen LogP contribution in [0.15, 0.2) is 63.9 Å². The molecule has 1 amide bonds. The molecule has 0 radical (unpaired) electrons. The lowest BCUT2D eigenvalue weighted by Crippen LogP contribution is -2.27. The zero-order chi connectivity index (χ0) is 22.5. The van der Waals surface area contributed by atoms with E-state index in [0.717, 1.165) is 29.3 Å². The summed E-state index contributed by atoms with van der Waals surface area (Å²) in [6, 6.07) is 16.3. The summed E-state index contributed by atoms with van der Waals surface area (Å²) in [4.78, 5) is 14.7. The highest BCUT2D eigenvalue weighted by Crippen LogP contribution is 2.34. The van der Waals surface area contributed by atoms with E-state index in [1.165, 1.54) is 17.2 Å². The molecule has 1 aliphatic carbocycles. The van der Waals surface area contributed by atoms with Crippen molar-refractivity contribution in [2.75, 3.05) is 18.5 Å². The van der Waals surface area contributed by atoms with Gasteiger partial charge in [-0.25, -0.2) is 0 Å². The highest BCUT2D eigenvalue weighted by molar-refractivity contribution is 7.90. The van der Waals surface area contributed by atoms with Crippen LogP contribution in [-0.4, -0.2) is 33.6 Å². The molecule has 1 heterocycles. The van der Waals surface area contributed by atoms with Gasteiger partial charge >= 0.3 is 0 Å². The third-order valence-corrected chi connectivity index (χ3v) is 7.78. The fourth-order valence-corrected chi connectivity index (χ4v) is 5.80. The summed E-state index contributed by atoms with van der Waals surface area (Å²) in [6.45, 7) is 0.414. The van der Waals surface area contributed by atoms with Gasteiger partial charge in [0.2, 0.25) is 0 Å². The molecule has 3 aromatic rings. The molecule has 2 aliphatic rings. The summed E-state index contributed by atoms with van der Waals surface area (Å²) >= 11 is 6.00. The number of anilines is 1. The Morgan fingerprint density at radius 2 is 1.81 bits per heavy atom. The Morgan fingerprint density at radius 3 is 2.62 bits per heavy atom. The SMILES string of the molecule is CNC1CCc2cc(N3CC/C(=N/S(=O)(=O)c4ccc5cc(Cl)ccc5c4)C3=O)ccc21. The maximum atomic E-state index is 13.0. The maximum absolute atomic E-state index is 13.0. The summed E-state index contributed by atoms with van der Waals surface area (Å²) in [5, 5.41) is 5.47. The second kappa shape index (κ2) is 7.99. The van der Waals surface area contributed by atoms with Crippen LogP contribution in [0.4, 0.5) is 5.69 Å². The monoisotopic (exact) mass is 467 g/mol. The summed E-state index contributed by atoms with van der Waals surface area (Å²) in [5.41, 5.74) is 3.34. The third kappa shape index (κ3) is 3.70. The van der Waals surface area contributed by atoms with Gasteiger partial charge in [0, 0.05) is 29.7 Å². The lowest BCUT2D eigenvalue weighted by molar-refractivity contribution is -0.111. The zero-order valence-corrected chi connectivity index (χ0v) is 19.1. The molecule has 3 aromatic carbocycles. The van der Waals surface area contributed by atoms with Crippen LogP contribution in [0.1, 0.15) is 30.0 Å². The van der Waals surface area contributed by atoms with E-state index in [2.05, 4.69) is 15.8 Å². The summed E-state index contributed by atoms with van der Waals surface area (Å²) in [7, 11) is -2.05. The molecule has 1 fully saturated rings. The van der Waals surface area contributed by atoms with Crippen molar-refractivity contribution in [3.8, 4) is 0 Å². The number of aryl methyl sites for hydroxylation is 1. The molecule has 1 N–H and O–H groups in total. The van der Waals surface area contributed by atoms with Crippen molar-refractivity contribution in [2.45, 2.75) is 30.2 Å². The van der Waals surface area contributed by atoms with Crippen molar-refractivity contribution in [1.29, 1.82) is 0 Å². The molecular formula is C24H22ClN3O3S. The number of benzene rings is 3. The molecule has 1 unspecified atom stereocenters. The minimum atomic E-state index is -4.00. The van der Waals surface area contributed by atoms with Gasteiger partial charge in [-0.2, -0.15) is 12.8 Å². The van der Waals surface area contributed by atoms with E-state index >= 15 is 0 Å². The average molecular weight is 468 g/mol. The number of carbonyl (C=O) groups is 1. The number of halogens is 1. The van der Waals surface area contributed by atoms with Crippen molar-refractivity contribution in [3.63, 3.8) is 0 Å². The Kier molecular flexibility index (Phi) is 5.28. The molecular weight excluding hydrogens is 446 g/mol. The molecule has 1 atom stereocenters. The molecule has 1 aliphatic heterocycles. The topological polar surface area (TPSA) is 78.8 Å². The number of rotatable bonds is 4. The summed E-state index contributed by atoms with van der Waals surface area (Å²) < 4.78 is 29.8. The number of fused-ring (bicyclic) bond motifs is 2. The average Bonchev–Trinajstić information content (AvgIpc) is 3.35. The van der Waals surface area contributed by atoms with Gasteiger partial charge in [0.15, 0.2) is 0 Å². The number of nitrogens with one attached hydrogen (secondary N) is 1. The molecule has 6 nitrogen and oxygen atoms in total. The first-order chi connectivity index (χ1) is 15.4. The van der Waals surface area contributed by atoms with Crippen LogP contribution < -0.4 is 10.2 Å². The van der Waals surface area contributed by atoms with E-state index in [9.17, 15) is 13.2 Å². The van der Waals surface area contributed by atoms with Gasteiger partial charge < -0.3 is 10.2 Å². The fourth-order valence-electron chi connectivity index (χ4n) is 4.54. The van der Waals surface area contributed by atoms with Crippen molar-refractivity contribution in [3.05, 3.63) is 70.7 Å². The van der Waals surface area contributed by atoms with E-state index in [1.807, 2.05) is 19.2 Å². The largest absolute Gasteiger partial charge is 0.313 e. The molecule has 0 aromatic heterocycles. The number of hydrogen-bond acceptors (Lipinski definition) is 4. The molecule has 0 bridgehead atoms. The molecule has 5 rings (SSSR count). The smallest absolute Gasteiger partial charge is 0.282 e. The number of amides is 1. The number of nitrogens with zero attached hydrogens (tertiary/aromatic N) is 2. The fraction of sp³-hybridized carbons (Fsp3) is 0.250. The van der Waals surface area contributed by atoms with E-state index in [-0.39, 0.29) is 22.9 Å². The first kappa shape index (κ1) is 21.1. The normalized spacial score (nSPS) is 19.8. The Balaban J connectivity index is 1.42. The first-order valence-electron chi connectivity index (χ1n) is 10.5. The highest BCUT2D eigenvalue weighted by atomic mass is 35.5. The predicted octanol–water partition coefficient (Wildman–Crippen LogP) is 4.27. The Bertz CT molecular complexity index is 1380. The second-order valence-corrected chi connectivity index (χ2v) is 10.2. The van der Waals surface area contributed by atoms with Crippen LogP contribution in [0.5, 0.6) is 0 Å². The molecule has 1 saturated heterocycles. The van der Waals surface area contributed by atoms with Crippen LogP contribution in [0, 0.1) is 0 Å². The highest BCUT2D eigenvalue weighted by Gasteiger charge is 2.32. The number of sulfonamides is 1. The number of hydrogen-bond donors (Lipinski definition) is 1.